The molecule has 1 aromatic carbocycles. The third-order valence-corrected chi connectivity index (χ3v) is 6.09. The Bertz CT molecular complexity index is 843. The summed E-state index contributed by atoms with van der Waals surface area (Å²) in [6.07, 6.45) is 6.12. The summed E-state index contributed by atoms with van der Waals surface area (Å²) in [5.41, 5.74) is 0.853. The Hall–Kier alpha value is -2.12. The van der Waals surface area contributed by atoms with E-state index < -0.39 is 15.9 Å². The molecule has 0 unspecified atom stereocenters. The largest absolute Gasteiger partial charge is 0.374 e. The lowest BCUT2D eigenvalue weighted by atomic mass is 9.89. The van der Waals surface area contributed by atoms with Gasteiger partial charge in [0.05, 0.1) is 23.0 Å². The van der Waals surface area contributed by atoms with Crippen LogP contribution in [0.1, 0.15) is 19.3 Å². The van der Waals surface area contributed by atoms with Crippen molar-refractivity contribution in [2.75, 3.05) is 0 Å². The van der Waals surface area contributed by atoms with E-state index in [1.165, 1.54) is 12.1 Å². The van der Waals surface area contributed by atoms with Crippen LogP contribution in [0.5, 0.6) is 0 Å². The predicted molar refractivity (Wildman–Crippen MR) is 87.1 cm³/mol. The molecule has 2 bridgehead atoms. The fourth-order valence-electron chi connectivity index (χ4n) is 3.48. The second-order valence-corrected chi connectivity index (χ2v) is 7.95. The zero-order valence-electron chi connectivity index (χ0n) is 13.0. The Morgan fingerprint density at radius 1 is 1.12 bits per heavy atom. The SMILES string of the molecule is O=C(NS(=O)(=O)c1ccc(-n2cccc2)cc1)[C@@H]1C[C@@H]2CC[C@H]1O2. The molecule has 126 valence electrons. The van der Waals surface area contributed by atoms with Gasteiger partial charge in [-0.25, -0.2) is 13.1 Å². The molecular weight excluding hydrogens is 328 g/mol. The first kappa shape index (κ1) is 15.4. The Labute approximate surface area is 140 Å². The van der Waals surface area contributed by atoms with Crippen LogP contribution in [0.2, 0.25) is 0 Å². The number of ether oxygens (including phenoxy) is 1. The van der Waals surface area contributed by atoms with Gasteiger partial charge in [-0.2, -0.15) is 0 Å². The highest BCUT2D eigenvalue weighted by molar-refractivity contribution is 7.90. The number of rotatable bonds is 4. The summed E-state index contributed by atoms with van der Waals surface area (Å²) >= 11 is 0. The number of carbonyl (C=O) groups excluding carboxylic acids is 1. The molecule has 2 fully saturated rings. The first-order valence-electron chi connectivity index (χ1n) is 7.98. The third kappa shape index (κ3) is 2.74. The van der Waals surface area contributed by atoms with E-state index in [4.69, 9.17) is 4.74 Å². The summed E-state index contributed by atoms with van der Waals surface area (Å²) in [6, 6.07) is 10.2. The van der Waals surface area contributed by atoms with E-state index >= 15 is 0 Å². The van der Waals surface area contributed by atoms with Gasteiger partial charge in [0.1, 0.15) is 0 Å². The maximum Gasteiger partial charge on any atom is 0.264 e. The minimum absolute atomic E-state index is 0.0795. The molecule has 4 rings (SSSR count). The summed E-state index contributed by atoms with van der Waals surface area (Å²) < 4.78 is 34.5. The Morgan fingerprint density at radius 3 is 2.42 bits per heavy atom. The molecular formula is C17H18N2O4S. The van der Waals surface area contributed by atoms with Gasteiger partial charge in [-0.05, 0) is 55.7 Å². The molecule has 1 amide bonds. The quantitative estimate of drug-likeness (QED) is 0.916. The molecule has 0 aliphatic carbocycles. The van der Waals surface area contributed by atoms with Gasteiger partial charge in [0.15, 0.2) is 0 Å². The summed E-state index contributed by atoms with van der Waals surface area (Å²) in [5, 5.41) is 0. The predicted octanol–water partition coefficient (Wildman–Crippen LogP) is 1.85. The van der Waals surface area contributed by atoms with Gasteiger partial charge in [0, 0.05) is 18.1 Å². The Kier molecular flexibility index (Phi) is 3.69. The summed E-state index contributed by atoms with van der Waals surface area (Å²) in [6.45, 7) is 0. The standard InChI is InChI=1S/C17H18N2O4S/c20-17(15-11-13-5-8-16(15)23-13)18-24(21,22)14-6-3-12(4-7-14)19-9-1-2-10-19/h1-4,6-7,9-10,13,15-16H,5,8,11H2,(H,18,20)/t13-,15+,16+/m0/s1. The van der Waals surface area contributed by atoms with Gasteiger partial charge in [-0.15, -0.1) is 0 Å². The van der Waals surface area contributed by atoms with Crippen LogP contribution < -0.4 is 4.72 Å². The highest BCUT2D eigenvalue weighted by Crippen LogP contribution is 2.38. The van der Waals surface area contributed by atoms with Crippen molar-refractivity contribution in [3.05, 3.63) is 48.8 Å². The van der Waals surface area contributed by atoms with Crippen molar-refractivity contribution >= 4 is 15.9 Å². The minimum Gasteiger partial charge on any atom is -0.374 e. The van der Waals surface area contributed by atoms with E-state index in [1.807, 2.05) is 29.1 Å². The molecule has 2 aromatic rings. The van der Waals surface area contributed by atoms with E-state index in [-0.39, 0.29) is 23.0 Å². The number of sulfonamides is 1. The molecule has 1 aromatic heterocycles. The fourth-order valence-corrected chi connectivity index (χ4v) is 4.51. The van der Waals surface area contributed by atoms with E-state index in [9.17, 15) is 13.2 Å². The number of fused-ring (bicyclic) bond motifs is 2. The topological polar surface area (TPSA) is 77.4 Å². The minimum atomic E-state index is -3.86. The highest BCUT2D eigenvalue weighted by Gasteiger charge is 2.45. The van der Waals surface area contributed by atoms with Gasteiger partial charge < -0.3 is 9.30 Å². The molecule has 1 N–H and O–H groups in total. The molecule has 0 radical (unpaired) electrons. The molecule has 24 heavy (non-hydrogen) atoms. The first-order valence-corrected chi connectivity index (χ1v) is 9.47. The van der Waals surface area contributed by atoms with Crippen molar-refractivity contribution in [2.24, 2.45) is 5.92 Å². The number of nitrogens with zero attached hydrogens (tertiary/aromatic N) is 1. The first-order chi connectivity index (χ1) is 11.5. The Morgan fingerprint density at radius 2 is 1.83 bits per heavy atom. The molecule has 2 aliphatic rings. The van der Waals surface area contributed by atoms with Crippen LogP contribution in [0.4, 0.5) is 0 Å². The van der Waals surface area contributed by atoms with Crippen LogP contribution in [0.3, 0.4) is 0 Å². The van der Waals surface area contributed by atoms with Crippen molar-refractivity contribution in [1.29, 1.82) is 0 Å². The lowest BCUT2D eigenvalue weighted by molar-refractivity contribution is -0.124. The van der Waals surface area contributed by atoms with Crippen LogP contribution in [0.15, 0.2) is 53.7 Å². The van der Waals surface area contributed by atoms with Crippen molar-refractivity contribution in [2.45, 2.75) is 36.4 Å². The van der Waals surface area contributed by atoms with Crippen LogP contribution >= 0.6 is 0 Å². The second kappa shape index (κ2) is 5.75. The number of nitrogens with one attached hydrogen (secondary N) is 1. The number of hydrogen-bond donors (Lipinski definition) is 1. The number of hydrogen-bond acceptors (Lipinski definition) is 4. The number of benzene rings is 1. The van der Waals surface area contributed by atoms with Crippen molar-refractivity contribution in [1.82, 2.24) is 9.29 Å². The van der Waals surface area contributed by atoms with Crippen LogP contribution in [-0.2, 0) is 19.6 Å². The van der Waals surface area contributed by atoms with Crippen molar-refractivity contribution < 1.29 is 17.9 Å². The average molecular weight is 346 g/mol. The molecule has 2 aliphatic heterocycles. The molecule has 3 heterocycles. The van der Waals surface area contributed by atoms with E-state index in [0.29, 0.717) is 6.42 Å². The van der Waals surface area contributed by atoms with Crippen LogP contribution in [0.25, 0.3) is 5.69 Å². The van der Waals surface area contributed by atoms with Crippen LogP contribution in [0, 0.1) is 5.92 Å². The molecule has 3 atom stereocenters. The average Bonchev–Trinajstić information content (AvgIpc) is 3.32. The maximum absolute atomic E-state index is 12.4. The summed E-state index contributed by atoms with van der Waals surface area (Å²) in [5.74, 6) is -0.825. The summed E-state index contributed by atoms with van der Waals surface area (Å²) in [4.78, 5) is 12.4. The maximum atomic E-state index is 12.4. The second-order valence-electron chi connectivity index (χ2n) is 6.27. The van der Waals surface area contributed by atoms with Gasteiger partial charge in [-0.1, -0.05) is 0 Å². The molecule has 6 nitrogen and oxygen atoms in total. The molecule has 7 heteroatoms. The number of aromatic nitrogens is 1. The zero-order chi connectivity index (χ0) is 16.7. The molecule has 0 spiro atoms. The van der Waals surface area contributed by atoms with E-state index in [1.54, 1.807) is 12.1 Å². The fraction of sp³-hybridized carbons (Fsp3) is 0.353. The lowest BCUT2D eigenvalue weighted by Gasteiger charge is -2.18. The lowest BCUT2D eigenvalue weighted by Crippen LogP contribution is -2.39. The number of carbonyl (C=O) groups is 1. The molecule has 0 saturated carbocycles. The smallest absolute Gasteiger partial charge is 0.264 e. The van der Waals surface area contributed by atoms with Gasteiger partial charge in [-0.3, -0.25) is 4.79 Å². The van der Waals surface area contributed by atoms with Crippen LogP contribution in [-0.4, -0.2) is 31.1 Å². The number of amides is 1. The van der Waals surface area contributed by atoms with Gasteiger partial charge in [0.25, 0.3) is 10.0 Å². The van der Waals surface area contributed by atoms with E-state index in [2.05, 4.69) is 4.72 Å². The van der Waals surface area contributed by atoms with E-state index in [0.717, 1.165) is 18.5 Å². The monoisotopic (exact) mass is 346 g/mol. The van der Waals surface area contributed by atoms with Gasteiger partial charge in [0.2, 0.25) is 5.91 Å². The molecule has 2 saturated heterocycles. The van der Waals surface area contributed by atoms with Crippen molar-refractivity contribution in [3.8, 4) is 5.69 Å². The Balaban J connectivity index is 1.49. The van der Waals surface area contributed by atoms with Crippen molar-refractivity contribution in [3.63, 3.8) is 0 Å². The zero-order valence-corrected chi connectivity index (χ0v) is 13.8. The third-order valence-electron chi connectivity index (χ3n) is 4.73. The highest BCUT2D eigenvalue weighted by atomic mass is 32.2. The summed E-state index contributed by atoms with van der Waals surface area (Å²) in [7, 11) is -3.86. The van der Waals surface area contributed by atoms with Gasteiger partial charge >= 0.3 is 0 Å². The normalized spacial score (nSPS) is 25.8.